The Morgan fingerprint density at radius 1 is 1.11 bits per heavy atom. The van der Waals surface area contributed by atoms with Crippen LogP contribution in [0.3, 0.4) is 0 Å². The Morgan fingerprint density at radius 2 is 1.64 bits per heavy atom. The predicted molar refractivity (Wildman–Crippen MR) is 106 cm³/mol. The van der Waals surface area contributed by atoms with Crippen LogP contribution in [0.5, 0.6) is 5.75 Å². The molecule has 0 saturated heterocycles. The summed E-state index contributed by atoms with van der Waals surface area (Å²) in [5.41, 5.74) is 1.11. The molecular weight excluding hydrogens is 403 g/mol. The molecule has 1 atom stereocenters. The zero-order valence-corrected chi connectivity index (χ0v) is 17.0. The van der Waals surface area contributed by atoms with E-state index in [0.29, 0.717) is 5.75 Å². The van der Waals surface area contributed by atoms with Gasteiger partial charge >= 0.3 is 0 Å². The van der Waals surface area contributed by atoms with Crippen molar-refractivity contribution in [3.8, 4) is 5.75 Å². The van der Waals surface area contributed by atoms with Crippen molar-refractivity contribution in [1.82, 2.24) is 9.80 Å². The van der Waals surface area contributed by atoms with Crippen molar-refractivity contribution in [3.05, 3.63) is 63.1 Å². The number of methoxy groups -OCH3 is 1. The van der Waals surface area contributed by atoms with Crippen LogP contribution in [0.2, 0.25) is 10.0 Å². The monoisotopic (exact) mass is 420 g/mol. The highest BCUT2D eigenvalue weighted by Gasteiger charge is 2.38. The maximum absolute atomic E-state index is 12.8. The van der Waals surface area contributed by atoms with Gasteiger partial charge in [0.1, 0.15) is 12.3 Å². The minimum Gasteiger partial charge on any atom is -0.496 e. The number of fused-ring (bicyclic) bond motifs is 1. The minimum absolute atomic E-state index is 0.146. The van der Waals surface area contributed by atoms with E-state index in [0.717, 1.165) is 10.5 Å². The van der Waals surface area contributed by atoms with Gasteiger partial charge in [0.25, 0.3) is 11.8 Å². The van der Waals surface area contributed by atoms with Gasteiger partial charge in [-0.2, -0.15) is 0 Å². The molecule has 3 amide bonds. The van der Waals surface area contributed by atoms with E-state index < -0.39 is 11.8 Å². The Kier molecular flexibility index (Phi) is 5.63. The number of likely N-dealkylation sites (N-methyl/N-ethyl adjacent to an activating group) is 1. The van der Waals surface area contributed by atoms with Crippen molar-refractivity contribution >= 4 is 40.9 Å². The summed E-state index contributed by atoms with van der Waals surface area (Å²) in [5.74, 6) is -0.861. The molecule has 0 aromatic heterocycles. The molecule has 0 fully saturated rings. The van der Waals surface area contributed by atoms with Gasteiger partial charge in [0.15, 0.2) is 0 Å². The molecule has 8 heteroatoms. The first-order valence-electron chi connectivity index (χ1n) is 8.50. The van der Waals surface area contributed by atoms with Gasteiger partial charge in [-0.1, -0.05) is 41.4 Å². The standard InChI is InChI=1S/C20H18Cl2N2O4/c1-11(12-6-4-5-7-17(12)28-3)23(2)18(25)10-24-19(26)13-8-15(21)16(22)9-14(13)20(24)27/h4-9,11H,10H2,1-3H3. The lowest BCUT2D eigenvalue weighted by atomic mass is 10.1. The molecule has 0 bridgehead atoms. The number of halogens is 2. The molecule has 1 aliphatic rings. The van der Waals surface area contributed by atoms with Crippen LogP contribution in [0, 0.1) is 0 Å². The Labute approximate surface area is 172 Å². The molecule has 2 aromatic rings. The molecule has 146 valence electrons. The van der Waals surface area contributed by atoms with Crippen LogP contribution in [0.1, 0.15) is 39.2 Å². The summed E-state index contributed by atoms with van der Waals surface area (Å²) >= 11 is 11.9. The number of carbonyl (C=O) groups is 3. The van der Waals surface area contributed by atoms with Crippen LogP contribution in [0.15, 0.2) is 36.4 Å². The third kappa shape index (κ3) is 3.45. The van der Waals surface area contributed by atoms with Gasteiger partial charge in [0.2, 0.25) is 5.91 Å². The molecule has 0 saturated carbocycles. The smallest absolute Gasteiger partial charge is 0.262 e. The summed E-state index contributed by atoms with van der Waals surface area (Å²) < 4.78 is 5.35. The fourth-order valence-electron chi connectivity index (χ4n) is 3.11. The molecule has 28 heavy (non-hydrogen) atoms. The van der Waals surface area contributed by atoms with E-state index in [2.05, 4.69) is 0 Å². The van der Waals surface area contributed by atoms with Crippen LogP contribution in [0.4, 0.5) is 0 Å². The van der Waals surface area contributed by atoms with Crippen molar-refractivity contribution in [2.75, 3.05) is 20.7 Å². The summed E-state index contributed by atoms with van der Waals surface area (Å²) in [6.07, 6.45) is 0. The topological polar surface area (TPSA) is 66.9 Å². The summed E-state index contributed by atoms with van der Waals surface area (Å²) in [7, 11) is 3.17. The molecule has 0 radical (unpaired) electrons. The Bertz CT molecular complexity index is 936. The van der Waals surface area contributed by atoms with Gasteiger partial charge < -0.3 is 9.64 Å². The summed E-state index contributed by atoms with van der Waals surface area (Å²) in [6.45, 7) is 1.47. The van der Waals surface area contributed by atoms with E-state index in [4.69, 9.17) is 27.9 Å². The van der Waals surface area contributed by atoms with Gasteiger partial charge in [0, 0.05) is 12.6 Å². The number of para-hydroxylation sites is 1. The van der Waals surface area contributed by atoms with Crippen LogP contribution in [-0.4, -0.2) is 48.2 Å². The third-order valence-corrected chi connectivity index (χ3v) is 5.59. The maximum atomic E-state index is 12.8. The van der Waals surface area contributed by atoms with Gasteiger partial charge in [-0.15, -0.1) is 0 Å². The normalized spacial score (nSPS) is 14.1. The molecule has 3 rings (SSSR count). The molecule has 0 N–H and O–H groups in total. The molecule has 0 spiro atoms. The number of hydrogen-bond donors (Lipinski definition) is 0. The second kappa shape index (κ2) is 7.81. The first-order valence-corrected chi connectivity index (χ1v) is 9.25. The first kappa shape index (κ1) is 20.2. The van der Waals surface area contributed by atoms with E-state index in [1.807, 2.05) is 31.2 Å². The number of amides is 3. The zero-order valence-electron chi connectivity index (χ0n) is 15.5. The van der Waals surface area contributed by atoms with Crippen molar-refractivity contribution in [1.29, 1.82) is 0 Å². The van der Waals surface area contributed by atoms with Gasteiger partial charge in [0.05, 0.1) is 34.3 Å². The van der Waals surface area contributed by atoms with Gasteiger partial charge in [-0.3, -0.25) is 19.3 Å². The number of benzene rings is 2. The second-order valence-electron chi connectivity index (χ2n) is 6.43. The zero-order chi connectivity index (χ0) is 20.6. The largest absolute Gasteiger partial charge is 0.496 e. The Balaban J connectivity index is 1.79. The highest BCUT2D eigenvalue weighted by atomic mass is 35.5. The van der Waals surface area contributed by atoms with Crippen LogP contribution < -0.4 is 4.74 Å². The first-order chi connectivity index (χ1) is 13.3. The molecule has 2 aromatic carbocycles. The van der Waals surface area contributed by atoms with Crippen molar-refractivity contribution in [2.45, 2.75) is 13.0 Å². The highest BCUT2D eigenvalue weighted by molar-refractivity contribution is 6.43. The summed E-state index contributed by atoms with van der Waals surface area (Å²) in [5, 5.41) is 0.355. The number of carbonyl (C=O) groups excluding carboxylic acids is 3. The maximum Gasteiger partial charge on any atom is 0.262 e. The third-order valence-electron chi connectivity index (χ3n) is 4.87. The van der Waals surface area contributed by atoms with Crippen LogP contribution in [-0.2, 0) is 4.79 Å². The fourth-order valence-corrected chi connectivity index (χ4v) is 3.44. The van der Waals surface area contributed by atoms with E-state index in [1.54, 1.807) is 14.2 Å². The van der Waals surface area contributed by atoms with Crippen LogP contribution in [0.25, 0.3) is 0 Å². The van der Waals surface area contributed by atoms with Gasteiger partial charge in [-0.25, -0.2) is 0 Å². The summed E-state index contributed by atoms with van der Waals surface area (Å²) in [6, 6.07) is 9.75. The number of nitrogens with zero attached hydrogens (tertiary/aromatic N) is 2. The van der Waals surface area contributed by atoms with E-state index >= 15 is 0 Å². The molecule has 6 nitrogen and oxygen atoms in total. The second-order valence-corrected chi connectivity index (χ2v) is 7.25. The van der Waals surface area contributed by atoms with E-state index in [9.17, 15) is 14.4 Å². The van der Waals surface area contributed by atoms with Crippen molar-refractivity contribution in [3.63, 3.8) is 0 Å². The van der Waals surface area contributed by atoms with E-state index in [-0.39, 0.29) is 39.7 Å². The molecule has 0 aliphatic carbocycles. The highest BCUT2D eigenvalue weighted by Crippen LogP contribution is 2.32. The lowest BCUT2D eigenvalue weighted by Gasteiger charge is -2.28. The van der Waals surface area contributed by atoms with Crippen molar-refractivity contribution < 1.29 is 19.1 Å². The molecular formula is C20H18Cl2N2O4. The quantitative estimate of drug-likeness (QED) is 0.689. The number of imide groups is 1. The lowest BCUT2D eigenvalue weighted by molar-refractivity contribution is -0.132. The summed E-state index contributed by atoms with van der Waals surface area (Å²) in [4.78, 5) is 40.3. The Morgan fingerprint density at radius 3 is 2.18 bits per heavy atom. The average molecular weight is 421 g/mol. The molecule has 1 unspecified atom stereocenters. The van der Waals surface area contributed by atoms with Crippen LogP contribution >= 0.6 is 23.2 Å². The number of rotatable bonds is 5. The molecule has 1 aliphatic heterocycles. The van der Waals surface area contributed by atoms with Crippen molar-refractivity contribution in [2.24, 2.45) is 0 Å². The fraction of sp³-hybridized carbons (Fsp3) is 0.250. The minimum atomic E-state index is -0.565. The number of hydrogen-bond acceptors (Lipinski definition) is 4. The Hall–Kier alpha value is -2.57. The predicted octanol–water partition coefficient (Wildman–Crippen LogP) is 3.82. The number of ether oxygens (including phenoxy) is 1. The van der Waals surface area contributed by atoms with Gasteiger partial charge in [-0.05, 0) is 25.1 Å². The average Bonchev–Trinajstić information content (AvgIpc) is 2.91. The lowest BCUT2D eigenvalue weighted by Crippen LogP contribution is -2.42. The molecule has 1 heterocycles. The van der Waals surface area contributed by atoms with E-state index in [1.165, 1.54) is 17.0 Å². The SMILES string of the molecule is COc1ccccc1C(C)N(C)C(=O)CN1C(=O)c2cc(Cl)c(Cl)cc2C1=O.